The largest absolute Gasteiger partial charge is 0.355 e. The molecule has 3 aromatic rings. The zero-order valence-corrected chi connectivity index (χ0v) is 18.5. The molecule has 3 aromatic carbocycles. The molecule has 0 heterocycles. The van der Waals surface area contributed by atoms with Gasteiger partial charge in [0.05, 0.1) is 5.69 Å². The number of aliphatic imine (C=N–C) groups is 1. The minimum absolute atomic E-state index is 0.449. The normalized spacial score (nSPS) is 11.6. The lowest BCUT2D eigenvalue weighted by atomic mass is 9.93. The lowest BCUT2D eigenvalue weighted by Crippen LogP contribution is -1.97. The number of nitrogens with one attached hydrogen (secondary N) is 1. The van der Waals surface area contributed by atoms with Gasteiger partial charge in [-0.25, -0.2) is 0 Å². The Labute approximate surface area is 175 Å². The minimum Gasteiger partial charge on any atom is -0.355 e. The van der Waals surface area contributed by atoms with Crippen LogP contribution in [0.1, 0.15) is 67.3 Å². The summed E-state index contributed by atoms with van der Waals surface area (Å²) in [4.78, 5) is 4.92. The molecule has 29 heavy (non-hydrogen) atoms. The Morgan fingerprint density at radius 2 is 1.24 bits per heavy atom. The maximum absolute atomic E-state index is 4.92. The number of para-hydroxylation sites is 2. The lowest BCUT2D eigenvalue weighted by Gasteiger charge is -2.16. The summed E-state index contributed by atoms with van der Waals surface area (Å²) >= 11 is 0. The molecular formula is C27H32N2. The Bertz CT molecular complexity index is 949. The van der Waals surface area contributed by atoms with Crippen LogP contribution in [0.3, 0.4) is 0 Å². The highest BCUT2D eigenvalue weighted by Crippen LogP contribution is 2.34. The van der Waals surface area contributed by atoms with Gasteiger partial charge in [-0.2, -0.15) is 0 Å². The van der Waals surface area contributed by atoms with Crippen LogP contribution in [0.25, 0.3) is 0 Å². The van der Waals surface area contributed by atoms with Crippen molar-refractivity contribution >= 4 is 23.3 Å². The summed E-state index contributed by atoms with van der Waals surface area (Å²) in [6.45, 7) is 13.2. The fraction of sp³-hybridized carbons (Fsp3) is 0.296. The summed E-state index contributed by atoms with van der Waals surface area (Å²) in [6, 6.07) is 21.4. The summed E-state index contributed by atoms with van der Waals surface area (Å²) in [6.07, 6.45) is 1.98. The van der Waals surface area contributed by atoms with Gasteiger partial charge in [-0.05, 0) is 65.6 Å². The molecule has 0 aromatic heterocycles. The first kappa shape index (κ1) is 20.9. The number of rotatable bonds is 6. The van der Waals surface area contributed by atoms with E-state index in [1.54, 1.807) is 0 Å². The van der Waals surface area contributed by atoms with Crippen LogP contribution in [0.5, 0.6) is 0 Å². The highest BCUT2D eigenvalue weighted by Gasteiger charge is 2.12. The second-order valence-electron chi connectivity index (χ2n) is 8.37. The van der Waals surface area contributed by atoms with Crippen molar-refractivity contribution in [3.8, 4) is 0 Å². The highest BCUT2D eigenvalue weighted by molar-refractivity contribution is 5.84. The fourth-order valence-corrected chi connectivity index (χ4v) is 3.61. The van der Waals surface area contributed by atoms with Crippen LogP contribution in [0.4, 0.5) is 17.1 Å². The van der Waals surface area contributed by atoms with E-state index in [0.29, 0.717) is 11.8 Å². The molecule has 0 atom stereocenters. The molecule has 0 saturated carbocycles. The van der Waals surface area contributed by atoms with E-state index in [1.807, 2.05) is 6.21 Å². The van der Waals surface area contributed by atoms with Crippen LogP contribution >= 0.6 is 0 Å². The molecule has 0 aliphatic heterocycles. The van der Waals surface area contributed by atoms with Gasteiger partial charge in [0.2, 0.25) is 0 Å². The topological polar surface area (TPSA) is 24.4 Å². The summed E-state index contributed by atoms with van der Waals surface area (Å²) in [5.41, 5.74) is 9.61. The Kier molecular flexibility index (Phi) is 6.53. The quantitative estimate of drug-likeness (QED) is 0.427. The number of hydrogen-bond acceptors (Lipinski definition) is 2. The van der Waals surface area contributed by atoms with Crippen molar-refractivity contribution in [1.29, 1.82) is 0 Å². The van der Waals surface area contributed by atoms with Crippen molar-refractivity contribution in [3.63, 3.8) is 0 Å². The molecule has 0 unspecified atom stereocenters. The van der Waals surface area contributed by atoms with Crippen LogP contribution in [-0.2, 0) is 0 Å². The van der Waals surface area contributed by atoms with Gasteiger partial charge in [-0.1, -0.05) is 76.2 Å². The van der Waals surface area contributed by atoms with Gasteiger partial charge in [-0.3, -0.25) is 4.99 Å². The number of benzene rings is 3. The van der Waals surface area contributed by atoms with Crippen LogP contribution in [-0.4, -0.2) is 6.21 Å². The molecule has 0 fully saturated rings. The third kappa shape index (κ3) is 4.95. The Morgan fingerprint density at radius 1 is 0.724 bits per heavy atom. The van der Waals surface area contributed by atoms with Crippen LogP contribution < -0.4 is 5.32 Å². The summed E-state index contributed by atoms with van der Waals surface area (Å²) in [5, 5.41) is 3.55. The molecule has 1 N–H and O–H groups in total. The van der Waals surface area contributed by atoms with E-state index in [9.17, 15) is 0 Å². The van der Waals surface area contributed by atoms with Crippen molar-refractivity contribution in [3.05, 3.63) is 88.5 Å². The second-order valence-corrected chi connectivity index (χ2v) is 8.37. The van der Waals surface area contributed by atoms with E-state index >= 15 is 0 Å². The molecular weight excluding hydrogens is 352 g/mol. The van der Waals surface area contributed by atoms with Crippen LogP contribution in [0.15, 0.2) is 65.7 Å². The monoisotopic (exact) mass is 384 g/mol. The predicted octanol–water partition coefficient (Wildman–Crippen LogP) is 8.04. The Balaban J connectivity index is 1.84. The van der Waals surface area contributed by atoms with Crippen LogP contribution in [0, 0.1) is 13.8 Å². The smallest absolute Gasteiger partial charge is 0.0699 e. The third-order valence-corrected chi connectivity index (χ3v) is 5.35. The fourth-order valence-electron chi connectivity index (χ4n) is 3.61. The average molecular weight is 385 g/mol. The third-order valence-electron chi connectivity index (χ3n) is 5.35. The van der Waals surface area contributed by atoms with E-state index in [-0.39, 0.29) is 0 Å². The summed E-state index contributed by atoms with van der Waals surface area (Å²) in [5.74, 6) is 0.898. The lowest BCUT2D eigenvalue weighted by molar-refractivity contribution is 0.835. The van der Waals surface area contributed by atoms with Gasteiger partial charge >= 0.3 is 0 Å². The van der Waals surface area contributed by atoms with Gasteiger partial charge in [0.25, 0.3) is 0 Å². The van der Waals surface area contributed by atoms with E-state index in [1.165, 1.54) is 27.9 Å². The zero-order chi connectivity index (χ0) is 21.0. The first-order valence-electron chi connectivity index (χ1n) is 10.5. The molecule has 3 rings (SSSR count). The molecule has 0 saturated heterocycles. The zero-order valence-electron chi connectivity index (χ0n) is 18.5. The molecule has 150 valence electrons. The van der Waals surface area contributed by atoms with Gasteiger partial charge in [-0.15, -0.1) is 0 Å². The van der Waals surface area contributed by atoms with Gasteiger partial charge in [0.15, 0.2) is 0 Å². The first-order chi connectivity index (χ1) is 13.9. The standard InChI is InChI=1S/C27H32N2/c1-18(2)24-11-8-12-25(19(3)4)27(24)28-17-22-13-15-23(16-14-22)29-26-20(5)9-7-10-21(26)6/h7-19,29H,1-6H3. The second kappa shape index (κ2) is 9.09. The minimum atomic E-state index is 0.449. The summed E-state index contributed by atoms with van der Waals surface area (Å²) < 4.78 is 0. The predicted molar refractivity (Wildman–Crippen MR) is 128 cm³/mol. The SMILES string of the molecule is Cc1cccc(C)c1Nc1ccc(C=Nc2c(C(C)C)cccc2C(C)C)cc1. The molecule has 0 spiro atoms. The van der Waals surface area contributed by atoms with Gasteiger partial charge < -0.3 is 5.32 Å². The van der Waals surface area contributed by atoms with Crippen molar-refractivity contribution in [2.24, 2.45) is 4.99 Å². The number of hydrogen-bond donors (Lipinski definition) is 1. The maximum atomic E-state index is 4.92. The van der Waals surface area contributed by atoms with Crippen molar-refractivity contribution in [1.82, 2.24) is 0 Å². The average Bonchev–Trinajstić information content (AvgIpc) is 2.69. The molecule has 0 radical (unpaired) electrons. The Morgan fingerprint density at radius 3 is 1.76 bits per heavy atom. The van der Waals surface area contributed by atoms with E-state index in [0.717, 1.165) is 16.9 Å². The number of anilines is 2. The highest BCUT2D eigenvalue weighted by atomic mass is 14.9. The molecule has 2 heteroatoms. The van der Waals surface area contributed by atoms with Gasteiger partial charge in [0, 0.05) is 17.6 Å². The first-order valence-corrected chi connectivity index (χ1v) is 10.5. The maximum Gasteiger partial charge on any atom is 0.0699 e. The number of aryl methyl sites for hydroxylation is 2. The summed E-state index contributed by atoms with van der Waals surface area (Å²) in [7, 11) is 0. The molecule has 0 bridgehead atoms. The molecule has 0 aliphatic rings. The van der Waals surface area contributed by atoms with E-state index in [4.69, 9.17) is 4.99 Å². The van der Waals surface area contributed by atoms with Crippen LogP contribution in [0.2, 0.25) is 0 Å². The van der Waals surface area contributed by atoms with E-state index < -0.39 is 0 Å². The van der Waals surface area contributed by atoms with E-state index in [2.05, 4.69) is 108 Å². The molecule has 2 nitrogen and oxygen atoms in total. The molecule has 0 amide bonds. The van der Waals surface area contributed by atoms with Gasteiger partial charge in [0.1, 0.15) is 0 Å². The van der Waals surface area contributed by atoms with Crippen molar-refractivity contribution in [2.75, 3.05) is 5.32 Å². The van der Waals surface area contributed by atoms with Crippen molar-refractivity contribution in [2.45, 2.75) is 53.4 Å². The Hall–Kier alpha value is -2.87. The number of nitrogens with zero attached hydrogens (tertiary/aromatic N) is 1. The molecule has 0 aliphatic carbocycles. The van der Waals surface area contributed by atoms with Crippen molar-refractivity contribution < 1.29 is 0 Å².